The monoisotopic (exact) mass is 269 g/mol. The van der Waals surface area contributed by atoms with Gasteiger partial charge in [-0.3, -0.25) is 0 Å². The van der Waals surface area contributed by atoms with E-state index in [2.05, 4.69) is 25.4 Å². The second-order valence-electron chi connectivity index (χ2n) is 3.81. The first kappa shape index (κ1) is 12.4. The van der Waals surface area contributed by atoms with E-state index in [1.54, 1.807) is 22.7 Å². The molecule has 2 aromatic heterocycles. The van der Waals surface area contributed by atoms with Gasteiger partial charge in [-0.2, -0.15) is 0 Å². The highest BCUT2D eigenvalue weighted by Crippen LogP contribution is 2.27. The van der Waals surface area contributed by atoms with Gasteiger partial charge in [0.25, 0.3) is 0 Å². The van der Waals surface area contributed by atoms with Gasteiger partial charge >= 0.3 is 0 Å². The fourth-order valence-electron chi connectivity index (χ4n) is 1.30. The third-order valence-electron chi connectivity index (χ3n) is 1.98. The van der Waals surface area contributed by atoms with E-state index < -0.39 is 0 Å². The molecule has 0 unspecified atom stereocenters. The lowest BCUT2D eigenvalue weighted by Crippen LogP contribution is -2.10. The van der Waals surface area contributed by atoms with E-state index in [1.165, 1.54) is 0 Å². The first-order chi connectivity index (χ1) is 8.19. The fraction of sp³-hybridized carbons (Fsp3) is 0.500. The maximum Gasteiger partial charge on any atom is 0.206 e. The summed E-state index contributed by atoms with van der Waals surface area (Å²) in [4.78, 5) is 6.66. The van der Waals surface area contributed by atoms with Gasteiger partial charge in [-0.25, -0.2) is 4.98 Å². The molecule has 0 fully saturated rings. The summed E-state index contributed by atoms with van der Waals surface area (Å²) in [6.07, 6.45) is 0. The number of nitrogens with one attached hydrogen (secondary N) is 1. The maximum atomic E-state index is 4.55. The fourth-order valence-corrected chi connectivity index (χ4v) is 3.04. The molecule has 17 heavy (non-hydrogen) atoms. The van der Waals surface area contributed by atoms with Crippen LogP contribution in [-0.2, 0) is 6.54 Å². The molecule has 2 heterocycles. The highest BCUT2D eigenvalue weighted by atomic mass is 32.1. The molecule has 0 bridgehead atoms. The summed E-state index contributed by atoms with van der Waals surface area (Å²) in [5, 5.41) is 16.2. The average Bonchev–Trinajstić information content (AvgIpc) is 2.86. The highest BCUT2D eigenvalue weighted by molar-refractivity contribution is 7.18. The van der Waals surface area contributed by atoms with Crippen LogP contribution in [0.4, 0.5) is 5.13 Å². The molecule has 2 aromatic rings. The average molecular weight is 269 g/mol. The van der Waals surface area contributed by atoms with Gasteiger partial charge in [-0.15, -0.1) is 21.5 Å². The number of aromatic nitrogens is 3. The predicted octanol–water partition coefficient (Wildman–Crippen LogP) is 2.16. The van der Waals surface area contributed by atoms with Crippen molar-refractivity contribution in [2.45, 2.75) is 13.5 Å². The van der Waals surface area contributed by atoms with Crippen LogP contribution in [0.1, 0.15) is 11.9 Å². The van der Waals surface area contributed by atoms with Crippen LogP contribution in [0.3, 0.4) is 0 Å². The zero-order valence-electron chi connectivity index (χ0n) is 10.1. The van der Waals surface area contributed by atoms with Crippen molar-refractivity contribution in [3.8, 4) is 10.7 Å². The van der Waals surface area contributed by atoms with Crippen LogP contribution in [0.25, 0.3) is 10.7 Å². The Morgan fingerprint density at radius 1 is 1.35 bits per heavy atom. The van der Waals surface area contributed by atoms with Crippen LogP contribution in [0.15, 0.2) is 5.38 Å². The molecule has 92 valence electrons. The van der Waals surface area contributed by atoms with Crippen LogP contribution in [0, 0.1) is 0 Å². The number of nitrogens with zero attached hydrogens (tertiary/aromatic N) is 4. The number of hydrogen-bond donors (Lipinski definition) is 1. The second-order valence-corrected chi connectivity index (χ2v) is 5.73. The van der Waals surface area contributed by atoms with Crippen LogP contribution < -0.4 is 5.32 Å². The van der Waals surface area contributed by atoms with Gasteiger partial charge in [0, 0.05) is 18.5 Å². The lowest BCUT2D eigenvalue weighted by Gasteiger charge is -2.04. The summed E-state index contributed by atoms with van der Waals surface area (Å²) >= 11 is 3.20. The van der Waals surface area contributed by atoms with Crippen molar-refractivity contribution in [1.29, 1.82) is 0 Å². The Morgan fingerprint density at radius 3 is 2.88 bits per heavy atom. The van der Waals surface area contributed by atoms with E-state index in [0.29, 0.717) is 0 Å². The standard InChI is InChI=1S/C10H15N5S2/c1-4-11-10-14-13-9(17-10)7-6-16-8(12-7)5-15(2)3/h6H,4-5H2,1-3H3,(H,11,14). The third-order valence-corrected chi connectivity index (χ3v) is 3.71. The second kappa shape index (κ2) is 5.52. The van der Waals surface area contributed by atoms with E-state index >= 15 is 0 Å². The molecule has 0 saturated carbocycles. The Hall–Kier alpha value is -1.05. The summed E-state index contributed by atoms with van der Waals surface area (Å²) in [5.41, 5.74) is 0.925. The molecule has 1 N–H and O–H groups in total. The van der Waals surface area contributed by atoms with Crippen molar-refractivity contribution in [3.05, 3.63) is 10.4 Å². The van der Waals surface area contributed by atoms with Gasteiger partial charge in [0.15, 0.2) is 5.01 Å². The Morgan fingerprint density at radius 2 is 2.18 bits per heavy atom. The highest BCUT2D eigenvalue weighted by Gasteiger charge is 2.10. The summed E-state index contributed by atoms with van der Waals surface area (Å²) < 4.78 is 0. The summed E-state index contributed by atoms with van der Waals surface area (Å²) in [6, 6.07) is 0. The van der Waals surface area contributed by atoms with E-state index in [9.17, 15) is 0 Å². The number of hydrogen-bond acceptors (Lipinski definition) is 7. The lowest BCUT2D eigenvalue weighted by atomic mass is 10.5. The van der Waals surface area contributed by atoms with Crippen molar-refractivity contribution in [2.75, 3.05) is 26.0 Å². The van der Waals surface area contributed by atoms with Gasteiger partial charge in [-0.05, 0) is 21.0 Å². The first-order valence-corrected chi connectivity index (χ1v) is 7.05. The first-order valence-electron chi connectivity index (χ1n) is 5.36. The summed E-state index contributed by atoms with van der Waals surface area (Å²) in [6.45, 7) is 3.76. The number of thiazole rings is 1. The van der Waals surface area contributed by atoms with Crippen LogP contribution in [0.2, 0.25) is 0 Å². The molecule has 2 rings (SSSR count). The Labute approximate surface area is 109 Å². The summed E-state index contributed by atoms with van der Waals surface area (Å²) in [7, 11) is 4.07. The molecule has 0 amide bonds. The van der Waals surface area contributed by atoms with Gasteiger partial charge in [0.1, 0.15) is 10.7 Å². The lowest BCUT2D eigenvalue weighted by molar-refractivity contribution is 0.402. The Kier molecular flexibility index (Phi) is 4.03. The summed E-state index contributed by atoms with van der Waals surface area (Å²) in [5.74, 6) is 0. The van der Waals surface area contributed by atoms with E-state index in [4.69, 9.17) is 0 Å². The number of anilines is 1. The molecular formula is C10H15N5S2. The SMILES string of the molecule is CCNc1nnc(-c2csc(CN(C)C)n2)s1. The van der Waals surface area contributed by atoms with Crippen molar-refractivity contribution in [1.82, 2.24) is 20.1 Å². The molecule has 7 heteroatoms. The zero-order valence-corrected chi connectivity index (χ0v) is 11.7. The normalized spacial score (nSPS) is 11.1. The van der Waals surface area contributed by atoms with Crippen molar-refractivity contribution in [2.24, 2.45) is 0 Å². The molecule has 0 saturated heterocycles. The predicted molar refractivity (Wildman–Crippen MR) is 72.6 cm³/mol. The Balaban J connectivity index is 2.12. The molecule has 5 nitrogen and oxygen atoms in total. The van der Waals surface area contributed by atoms with Gasteiger partial charge in [0.05, 0.1) is 0 Å². The molecule has 0 aliphatic carbocycles. The van der Waals surface area contributed by atoms with Crippen molar-refractivity contribution < 1.29 is 0 Å². The van der Waals surface area contributed by atoms with Crippen molar-refractivity contribution in [3.63, 3.8) is 0 Å². The molecule has 0 spiro atoms. The van der Waals surface area contributed by atoms with E-state index in [1.807, 2.05) is 26.4 Å². The van der Waals surface area contributed by atoms with Crippen LogP contribution in [-0.4, -0.2) is 40.7 Å². The quantitative estimate of drug-likeness (QED) is 0.901. The molecule has 0 aliphatic rings. The van der Waals surface area contributed by atoms with Crippen molar-refractivity contribution >= 4 is 27.8 Å². The molecule has 0 aromatic carbocycles. The molecule has 0 aliphatic heterocycles. The van der Waals surface area contributed by atoms with E-state index in [0.717, 1.165) is 33.9 Å². The van der Waals surface area contributed by atoms with Gasteiger partial charge in [0.2, 0.25) is 5.13 Å². The zero-order chi connectivity index (χ0) is 12.3. The molecule has 0 radical (unpaired) electrons. The largest absolute Gasteiger partial charge is 0.360 e. The van der Waals surface area contributed by atoms with Crippen LogP contribution >= 0.6 is 22.7 Å². The van der Waals surface area contributed by atoms with Gasteiger partial charge in [-0.1, -0.05) is 11.3 Å². The number of rotatable bonds is 5. The van der Waals surface area contributed by atoms with Gasteiger partial charge < -0.3 is 10.2 Å². The third kappa shape index (κ3) is 3.21. The smallest absolute Gasteiger partial charge is 0.206 e. The Bertz CT molecular complexity index is 477. The minimum Gasteiger partial charge on any atom is -0.360 e. The minimum absolute atomic E-state index is 0.852. The molecular weight excluding hydrogens is 254 g/mol. The van der Waals surface area contributed by atoms with E-state index in [-0.39, 0.29) is 0 Å². The van der Waals surface area contributed by atoms with Crippen LogP contribution in [0.5, 0.6) is 0 Å². The molecule has 0 atom stereocenters. The maximum absolute atomic E-state index is 4.55. The topological polar surface area (TPSA) is 53.9 Å². The minimum atomic E-state index is 0.852.